The molecule has 0 aliphatic heterocycles. The Morgan fingerprint density at radius 1 is 1.29 bits per heavy atom. The lowest BCUT2D eigenvalue weighted by Gasteiger charge is -2.25. The number of likely N-dealkylation sites (N-methyl/N-ethyl adjacent to an activating group) is 1. The van der Waals surface area contributed by atoms with Crippen molar-refractivity contribution < 1.29 is 4.79 Å². The highest BCUT2D eigenvalue weighted by atomic mass is 16.2. The molecule has 0 spiro atoms. The average molecular weight is 198 g/mol. The molecule has 1 aliphatic rings. The van der Waals surface area contributed by atoms with Crippen LogP contribution in [0.15, 0.2) is 0 Å². The van der Waals surface area contributed by atoms with Gasteiger partial charge in [0.1, 0.15) is 0 Å². The molecule has 2 N–H and O–H groups in total. The van der Waals surface area contributed by atoms with Gasteiger partial charge in [-0.2, -0.15) is 0 Å². The monoisotopic (exact) mass is 198 g/mol. The fraction of sp³-hybridized carbons (Fsp3) is 0.909. The molecule has 3 heteroatoms. The van der Waals surface area contributed by atoms with E-state index in [1.165, 1.54) is 25.7 Å². The van der Waals surface area contributed by atoms with Gasteiger partial charge in [0.05, 0.1) is 6.04 Å². The molecule has 14 heavy (non-hydrogen) atoms. The molecule has 1 saturated carbocycles. The van der Waals surface area contributed by atoms with Gasteiger partial charge in [-0.1, -0.05) is 26.7 Å². The summed E-state index contributed by atoms with van der Waals surface area (Å²) in [5.74, 6) is 0.683. The summed E-state index contributed by atoms with van der Waals surface area (Å²) in [6.07, 6.45) is 4.94. The van der Waals surface area contributed by atoms with E-state index in [9.17, 15) is 4.79 Å². The molecule has 1 rings (SSSR count). The third-order valence-corrected chi connectivity index (χ3v) is 2.91. The summed E-state index contributed by atoms with van der Waals surface area (Å²) in [5.41, 5.74) is 0. The normalized spacial score (nSPS) is 20.0. The lowest BCUT2D eigenvalue weighted by Crippen LogP contribution is -2.49. The van der Waals surface area contributed by atoms with Crippen LogP contribution >= 0.6 is 0 Å². The van der Waals surface area contributed by atoms with Crippen molar-refractivity contribution in [2.24, 2.45) is 5.92 Å². The molecule has 3 nitrogen and oxygen atoms in total. The first-order chi connectivity index (χ1) is 6.65. The highest BCUT2D eigenvalue weighted by Gasteiger charge is 2.29. The van der Waals surface area contributed by atoms with Crippen molar-refractivity contribution in [3.8, 4) is 0 Å². The standard InChI is InChI=1S/C11H22N2O/c1-8(2)13-10(11(14)12-3)9-6-4-5-7-9/h8-10,13H,4-7H2,1-3H3,(H,12,14)/t10-/m0/s1. The Hall–Kier alpha value is -0.570. The fourth-order valence-corrected chi connectivity index (χ4v) is 2.23. The SMILES string of the molecule is CNC(=O)[C@@H](NC(C)C)C1CCCC1. The lowest BCUT2D eigenvalue weighted by atomic mass is 9.96. The maximum Gasteiger partial charge on any atom is 0.237 e. The zero-order valence-corrected chi connectivity index (χ0v) is 9.47. The van der Waals surface area contributed by atoms with Crippen LogP contribution < -0.4 is 10.6 Å². The molecule has 0 saturated heterocycles. The zero-order valence-electron chi connectivity index (χ0n) is 9.47. The Morgan fingerprint density at radius 3 is 2.29 bits per heavy atom. The van der Waals surface area contributed by atoms with Crippen molar-refractivity contribution in [3.05, 3.63) is 0 Å². The molecular weight excluding hydrogens is 176 g/mol. The first-order valence-corrected chi connectivity index (χ1v) is 5.62. The highest BCUT2D eigenvalue weighted by molar-refractivity contribution is 5.81. The molecule has 0 aromatic carbocycles. The molecule has 0 aromatic rings. The Balaban J connectivity index is 2.55. The molecular formula is C11H22N2O. The third-order valence-electron chi connectivity index (χ3n) is 2.91. The van der Waals surface area contributed by atoms with E-state index in [-0.39, 0.29) is 11.9 Å². The van der Waals surface area contributed by atoms with Crippen molar-refractivity contribution in [2.45, 2.75) is 51.6 Å². The highest BCUT2D eigenvalue weighted by Crippen LogP contribution is 2.28. The second-order valence-electron chi connectivity index (χ2n) is 4.46. The van der Waals surface area contributed by atoms with Gasteiger partial charge in [0, 0.05) is 13.1 Å². The predicted octanol–water partition coefficient (Wildman–Crippen LogP) is 1.29. The minimum absolute atomic E-state index is 0.0162. The van der Waals surface area contributed by atoms with E-state index in [1.54, 1.807) is 7.05 Å². The quantitative estimate of drug-likeness (QED) is 0.714. The largest absolute Gasteiger partial charge is 0.358 e. The van der Waals surface area contributed by atoms with Gasteiger partial charge in [-0.3, -0.25) is 4.79 Å². The van der Waals surface area contributed by atoms with Crippen LogP contribution in [0.2, 0.25) is 0 Å². The molecule has 0 radical (unpaired) electrons. The van der Waals surface area contributed by atoms with Crippen LogP contribution in [0.4, 0.5) is 0 Å². The van der Waals surface area contributed by atoms with Crippen LogP contribution in [0.5, 0.6) is 0 Å². The number of amides is 1. The third kappa shape index (κ3) is 2.98. The Morgan fingerprint density at radius 2 is 1.86 bits per heavy atom. The van der Waals surface area contributed by atoms with E-state index in [0.29, 0.717) is 12.0 Å². The molecule has 1 amide bonds. The van der Waals surface area contributed by atoms with Crippen LogP contribution in [-0.2, 0) is 4.79 Å². The summed E-state index contributed by atoms with van der Waals surface area (Å²) in [6.45, 7) is 4.18. The van der Waals surface area contributed by atoms with Crippen LogP contribution in [0.25, 0.3) is 0 Å². The molecule has 0 heterocycles. The Labute approximate surface area is 86.6 Å². The van der Waals surface area contributed by atoms with E-state index < -0.39 is 0 Å². The van der Waals surface area contributed by atoms with Crippen molar-refractivity contribution in [1.29, 1.82) is 0 Å². The van der Waals surface area contributed by atoms with Gasteiger partial charge >= 0.3 is 0 Å². The molecule has 0 bridgehead atoms. The Bertz CT molecular complexity index is 186. The summed E-state index contributed by atoms with van der Waals surface area (Å²) in [5, 5.41) is 6.11. The maximum atomic E-state index is 11.7. The van der Waals surface area contributed by atoms with E-state index >= 15 is 0 Å². The van der Waals surface area contributed by atoms with Crippen molar-refractivity contribution in [2.75, 3.05) is 7.05 Å². The molecule has 1 aliphatic carbocycles. The summed E-state index contributed by atoms with van der Waals surface area (Å²) < 4.78 is 0. The van der Waals surface area contributed by atoms with Gasteiger partial charge < -0.3 is 10.6 Å². The fourth-order valence-electron chi connectivity index (χ4n) is 2.23. The summed E-state index contributed by atoms with van der Waals surface area (Å²) >= 11 is 0. The van der Waals surface area contributed by atoms with E-state index in [2.05, 4.69) is 24.5 Å². The number of rotatable bonds is 4. The van der Waals surface area contributed by atoms with Crippen molar-refractivity contribution in [3.63, 3.8) is 0 Å². The van der Waals surface area contributed by atoms with Gasteiger partial charge in [0.15, 0.2) is 0 Å². The summed E-state index contributed by atoms with van der Waals surface area (Å²) in [4.78, 5) is 11.7. The Kier molecular flexibility index (Phi) is 4.39. The van der Waals surface area contributed by atoms with Crippen LogP contribution in [0.3, 0.4) is 0 Å². The van der Waals surface area contributed by atoms with Crippen molar-refractivity contribution in [1.82, 2.24) is 10.6 Å². The predicted molar refractivity (Wildman–Crippen MR) is 58.1 cm³/mol. The topological polar surface area (TPSA) is 41.1 Å². The number of hydrogen-bond acceptors (Lipinski definition) is 2. The molecule has 82 valence electrons. The van der Waals surface area contributed by atoms with Crippen LogP contribution in [0.1, 0.15) is 39.5 Å². The van der Waals surface area contributed by atoms with Crippen LogP contribution in [0, 0.1) is 5.92 Å². The molecule has 0 unspecified atom stereocenters. The van der Waals surface area contributed by atoms with Crippen LogP contribution in [-0.4, -0.2) is 25.0 Å². The number of nitrogens with one attached hydrogen (secondary N) is 2. The summed E-state index contributed by atoms with van der Waals surface area (Å²) in [7, 11) is 1.71. The van der Waals surface area contributed by atoms with Gasteiger partial charge in [-0.25, -0.2) is 0 Å². The number of carbonyl (C=O) groups excluding carboxylic acids is 1. The maximum absolute atomic E-state index is 11.7. The summed E-state index contributed by atoms with van der Waals surface area (Å²) in [6, 6.07) is 0.389. The first-order valence-electron chi connectivity index (χ1n) is 5.62. The zero-order chi connectivity index (χ0) is 10.6. The molecule has 1 fully saturated rings. The van der Waals surface area contributed by atoms with E-state index in [4.69, 9.17) is 0 Å². The van der Waals surface area contributed by atoms with Gasteiger partial charge in [-0.15, -0.1) is 0 Å². The second kappa shape index (κ2) is 5.35. The lowest BCUT2D eigenvalue weighted by molar-refractivity contribution is -0.124. The van der Waals surface area contributed by atoms with E-state index in [1.807, 2.05) is 0 Å². The van der Waals surface area contributed by atoms with Gasteiger partial charge in [0.25, 0.3) is 0 Å². The molecule has 1 atom stereocenters. The average Bonchev–Trinajstić information content (AvgIpc) is 2.65. The first kappa shape index (κ1) is 11.5. The van der Waals surface area contributed by atoms with E-state index in [0.717, 1.165) is 0 Å². The second-order valence-corrected chi connectivity index (χ2v) is 4.46. The van der Waals surface area contributed by atoms with Crippen molar-refractivity contribution >= 4 is 5.91 Å². The molecule has 0 aromatic heterocycles. The van der Waals surface area contributed by atoms with Gasteiger partial charge in [-0.05, 0) is 18.8 Å². The number of hydrogen-bond donors (Lipinski definition) is 2. The smallest absolute Gasteiger partial charge is 0.237 e. The minimum Gasteiger partial charge on any atom is -0.358 e. The van der Waals surface area contributed by atoms with Gasteiger partial charge in [0.2, 0.25) is 5.91 Å². The number of carbonyl (C=O) groups is 1. The minimum atomic E-state index is 0.0162.